The Bertz CT molecular complexity index is 104. The van der Waals surface area contributed by atoms with E-state index in [2.05, 4.69) is 0 Å². The van der Waals surface area contributed by atoms with Crippen LogP contribution in [0.2, 0.25) is 19.6 Å². The minimum absolute atomic E-state index is 1.36. The molecule has 0 unspecified atom stereocenters. The first-order valence-corrected chi connectivity index (χ1v) is 8.96. The van der Waals surface area contributed by atoms with Crippen molar-refractivity contribution in [3.05, 3.63) is 0 Å². The van der Waals surface area contributed by atoms with Gasteiger partial charge in [-0.05, 0) is 13.1 Å². The summed E-state index contributed by atoms with van der Waals surface area (Å²) in [5, 5.41) is 0. The first kappa shape index (κ1) is 11.5. The van der Waals surface area contributed by atoms with Crippen molar-refractivity contribution in [2.75, 3.05) is 0 Å². The Balaban J connectivity index is 3.79. The molecule has 0 aromatic heterocycles. The van der Waals surface area contributed by atoms with Crippen LogP contribution in [0, 0.1) is 0 Å². The SMILES string of the molecule is C[Si](O)O[Si](C)(O)O[Si](C)O. The van der Waals surface area contributed by atoms with Gasteiger partial charge in [-0.2, -0.15) is 0 Å². The average molecular weight is 212 g/mol. The summed E-state index contributed by atoms with van der Waals surface area (Å²) in [5.41, 5.74) is 0. The molecule has 0 spiro atoms. The third kappa shape index (κ3) is 6.83. The van der Waals surface area contributed by atoms with Gasteiger partial charge in [0.05, 0.1) is 0 Å². The van der Waals surface area contributed by atoms with Gasteiger partial charge in [0.15, 0.2) is 0 Å². The first-order chi connectivity index (χ1) is 4.83. The second kappa shape index (κ2) is 4.47. The molecule has 0 aliphatic rings. The predicted octanol–water partition coefficient (Wildman–Crippen LogP) is -1.20. The van der Waals surface area contributed by atoms with Crippen LogP contribution in [0.3, 0.4) is 0 Å². The van der Waals surface area contributed by atoms with Gasteiger partial charge in [-0.1, -0.05) is 0 Å². The van der Waals surface area contributed by atoms with Crippen molar-refractivity contribution in [1.82, 2.24) is 0 Å². The highest BCUT2D eigenvalue weighted by molar-refractivity contribution is 6.71. The van der Waals surface area contributed by atoms with E-state index in [0.717, 1.165) is 0 Å². The molecule has 0 heterocycles. The van der Waals surface area contributed by atoms with E-state index >= 15 is 0 Å². The van der Waals surface area contributed by atoms with Gasteiger partial charge in [-0.25, -0.2) is 0 Å². The van der Waals surface area contributed by atoms with Gasteiger partial charge in [0.25, 0.3) is 0 Å². The molecule has 5 nitrogen and oxygen atoms in total. The fraction of sp³-hybridized carbons (Fsp3) is 1.00. The summed E-state index contributed by atoms with van der Waals surface area (Å²) in [5.74, 6) is 0. The summed E-state index contributed by atoms with van der Waals surface area (Å²) >= 11 is 0. The van der Waals surface area contributed by atoms with Gasteiger partial charge in [-0.3, -0.25) is 0 Å². The van der Waals surface area contributed by atoms with Gasteiger partial charge in [0, 0.05) is 6.55 Å². The van der Waals surface area contributed by atoms with Crippen LogP contribution in [-0.2, 0) is 8.23 Å². The van der Waals surface area contributed by atoms with Crippen molar-refractivity contribution in [2.24, 2.45) is 0 Å². The second-order valence-electron chi connectivity index (χ2n) is 2.14. The Morgan fingerprint density at radius 1 is 1.09 bits per heavy atom. The third-order valence-corrected chi connectivity index (χ3v) is 6.07. The minimum Gasteiger partial charge on any atom is -0.410 e. The molecular formula is C3H12O5Si3. The van der Waals surface area contributed by atoms with Gasteiger partial charge < -0.3 is 22.6 Å². The lowest BCUT2D eigenvalue weighted by Crippen LogP contribution is -2.46. The van der Waals surface area contributed by atoms with Crippen molar-refractivity contribution >= 4 is 27.4 Å². The van der Waals surface area contributed by atoms with Crippen molar-refractivity contribution in [3.63, 3.8) is 0 Å². The summed E-state index contributed by atoms with van der Waals surface area (Å²) in [7, 11) is -7.13. The molecule has 66 valence electrons. The zero-order valence-corrected chi connectivity index (χ0v) is 9.66. The molecule has 0 aromatic carbocycles. The van der Waals surface area contributed by atoms with Crippen LogP contribution in [0.1, 0.15) is 0 Å². The van der Waals surface area contributed by atoms with E-state index in [1.165, 1.54) is 19.6 Å². The standard InChI is InChI=1S/C3H12O5Si3/c1-9(4)7-11(3,6)8-10(2)5/h4-6H,1-3H3. The van der Waals surface area contributed by atoms with E-state index in [-0.39, 0.29) is 0 Å². The maximum atomic E-state index is 9.28. The molecule has 0 atom stereocenters. The second-order valence-corrected chi connectivity index (χ2v) is 7.64. The highest BCUT2D eigenvalue weighted by Gasteiger charge is 2.34. The summed E-state index contributed by atoms with van der Waals surface area (Å²) in [6.07, 6.45) is 0. The fourth-order valence-electron chi connectivity index (χ4n) is 0.569. The van der Waals surface area contributed by atoms with E-state index in [1.807, 2.05) is 0 Å². The summed E-state index contributed by atoms with van der Waals surface area (Å²) in [4.78, 5) is 26.9. The van der Waals surface area contributed by atoms with Gasteiger partial charge >= 0.3 is 27.4 Å². The molecule has 0 aliphatic heterocycles. The molecule has 8 heteroatoms. The van der Waals surface area contributed by atoms with Crippen molar-refractivity contribution in [3.8, 4) is 0 Å². The van der Waals surface area contributed by atoms with E-state index in [1.54, 1.807) is 0 Å². The largest absolute Gasteiger partial charge is 0.476 e. The Kier molecular flexibility index (Phi) is 4.65. The zero-order chi connectivity index (χ0) is 9.07. The van der Waals surface area contributed by atoms with Gasteiger partial charge in [0.2, 0.25) is 0 Å². The molecule has 11 heavy (non-hydrogen) atoms. The molecule has 2 radical (unpaired) electrons. The Morgan fingerprint density at radius 2 is 1.36 bits per heavy atom. The maximum Gasteiger partial charge on any atom is 0.476 e. The van der Waals surface area contributed by atoms with E-state index in [9.17, 15) is 4.80 Å². The Morgan fingerprint density at radius 3 is 1.55 bits per heavy atom. The lowest BCUT2D eigenvalue weighted by molar-refractivity contribution is 0.224. The van der Waals surface area contributed by atoms with Gasteiger partial charge in [0.1, 0.15) is 0 Å². The van der Waals surface area contributed by atoms with Crippen LogP contribution in [0.15, 0.2) is 0 Å². The number of hydrogen-bond donors (Lipinski definition) is 3. The van der Waals surface area contributed by atoms with Crippen molar-refractivity contribution in [2.45, 2.75) is 19.6 Å². The monoisotopic (exact) mass is 212 g/mol. The lowest BCUT2D eigenvalue weighted by atomic mass is 11.9. The highest BCUT2D eigenvalue weighted by Crippen LogP contribution is 2.04. The van der Waals surface area contributed by atoms with E-state index < -0.39 is 27.4 Å². The predicted molar refractivity (Wildman–Crippen MR) is 43.7 cm³/mol. The van der Waals surface area contributed by atoms with Crippen LogP contribution in [-0.4, -0.2) is 41.8 Å². The quantitative estimate of drug-likeness (QED) is 0.510. The topological polar surface area (TPSA) is 79.2 Å². The van der Waals surface area contributed by atoms with Crippen LogP contribution >= 0.6 is 0 Å². The lowest BCUT2D eigenvalue weighted by Gasteiger charge is -2.21. The van der Waals surface area contributed by atoms with E-state index in [4.69, 9.17) is 17.8 Å². The molecule has 0 fully saturated rings. The average Bonchev–Trinajstić information content (AvgIpc) is 1.53. The molecule has 0 bridgehead atoms. The van der Waals surface area contributed by atoms with Gasteiger partial charge in [-0.15, -0.1) is 0 Å². The highest BCUT2D eigenvalue weighted by atomic mass is 28.5. The maximum absolute atomic E-state index is 9.28. The first-order valence-electron chi connectivity index (χ1n) is 2.99. The molecule has 0 saturated heterocycles. The summed E-state index contributed by atoms with van der Waals surface area (Å²) < 4.78 is 9.49. The number of rotatable bonds is 4. The van der Waals surface area contributed by atoms with Crippen LogP contribution in [0.25, 0.3) is 0 Å². The normalized spacial score (nSPS) is 13.1. The Labute approximate surface area is 70.3 Å². The Hall–Kier alpha value is 0.451. The molecule has 0 aromatic rings. The molecule has 0 aliphatic carbocycles. The van der Waals surface area contributed by atoms with Crippen molar-refractivity contribution < 1.29 is 22.6 Å². The molecule has 0 saturated carbocycles. The smallest absolute Gasteiger partial charge is 0.410 e. The molecule has 3 N–H and O–H groups in total. The summed E-state index contributed by atoms with van der Waals surface area (Å²) in [6.45, 7) is 4.30. The number of hydrogen-bond acceptors (Lipinski definition) is 5. The third-order valence-electron chi connectivity index (χ3n) is 0.674. The van der Waals surface area contributed by atoms with Crippen LogP contribution in [0.4, 0.5) is 0 Å². The van der Waals surface area contributed by atoms with Crippen molar-refractivity contribution in [1.29, 1.82) is 0 Å². The summed E-state index contributed by atoms with van der Waals surface area (Å²) in [6, 6.07) is 0. The zero-order valence-electron chi connectivity index (χ0n) is 6.66. The van der Waals surface area contributed by atoms with E-state index in [0.29, 0.717) is 0 Å². The van der Waals surface area contributed by atoms with Crippen LogP contribution in [0.5, 0.6) is 0 Å². The molecule has 0 amide bonds. The fourth-order valence-corrected chi connectivity index (χ4v) is 5.50. The molecule has 0 rings (SSSR count). The minimum atomic E-state index is -3.24. The molecular weight excluding hydrogens is 200 g/mol. The van der Waals surface area contributed by atoms with Crippen LogP contribution < -0.4 is 0 Å².